The topological polar surface area (TPSA) is 95.0 Å². The Morgan fingerprint density at radius 1 is 0.921 bits per heavy atom. The minimum absolute atomic E-state index is 0.104. The zero-order valence-corrected chi connectivity index (χ0v) is 22.1. The van der Waals surface area contributed by atoms with Gasteiger partial charge in [0, 0.05) is 18.5 Å². The first-order valence-electron chi connectivity index (χ1n) is 12.4. The highest BCUT2D eigenvalue weighted by molar-refractivity contribution is 5.79. The molecule has 0 radical (unpaired) electrons. The zero-order valence-electron chi connectivity index (χ0n) is 22.1. The van der Waals surface area contributed by atoms with Crippen LogP contribution in [0.1, 0.15) is 35.8 Å². The molecule has 1 unspecified atom stereocenters. The van der Waals surface area contributed by atoms with Crippen molar-refractivity contribution in [1.29, 1.82) is 0 Å². The van der Waals surface area contributed by atoms with E-state index >= 15 is 0 Å². The number of rotatable bonds is 10. The minimum Gasteiger partial charge on any atom is -0.497 e. The molecular formula is C28H33FN4O5. The van der Waals surface area contributed by atoms with Crippen LogP contribution in [-0.2, 0) is 11.3 Å². The van der Waals surface area contributed by atoms with Gasteiger partial charge in [0.1, 0.15) is 23.4 Å². The normalized spacial score (nSPS) is 15.0. The van der Waals surface area contributed by atoms with Gasteiger partial charge < -0.3 is 24.3 Å². The van der Waals surface area contributed by atoms with Gasteiger partial charge in [-0.2, -0.15) is 9.97 Å². The third-order valence-corrected chi connectivity index (χ3v) is 6.64. The molecule has 0 saturated carbocycles. The number of carbonyl (C=O) groups excluding carboxylic acids is 1. The summed E-state index contributed by atoms with van der Waals surface area (Å²) in [6.07, 6.45) is 1.40. The van der Waals surface area contributed by atoms with E-state index in [1.165, 1.54) is 26.4 Å². The molecule has 0 bridgehead atoms. The Balaban J connectivity index is 1.46. The lowest BCUT2D eigenvalue weighted by molar-refractivity contribution is -0.127. The first-order chi connectivity index (χ1) is 18.4. The molecule has 1 atom stereocenters. The number of halogens is 1. The maximum absolute atomic E-state index is 13.6. The summed E-state index contributed by atoms with van der Waals surface area (Å²) in [6, 6.07) is 12.6. The number of hydrogen-bond acceptors (Lipinski definition) is 8. The number of piperidine rings is 1. The van der Waals surface area contributed by atoms with E-state index in [1.54, 1.807) is 32.4 Å². The van der Waals surface area contributed by atoms with Crippen LogP contribution in [0.15, 0.2) is 48.5 Å². The smallest absolute Gasteiger partial charge is 0.224 e. The van der Waals surface area contributed by atoms with Gasteiger partial charge in [-0.15, -0.1) is 0 Å². The second-order valence-electron chi connectivity index (χ2n) is 9.08. The Bertz CT molecular complexity index is 1190. The van der Waals surface area contributed by atoms with Crippen molar-refractivity contribution in [1.82, 2.24) is 20.2 Å². The highest BCUT2D eigenvalue weighted by Gasteiger charge is 2.29. The summed E-state index contributed by atoms with van der Waals surface area (Å²) in [5.41, 5.74) is 1.74. The van der Waals surface area contributed by atoms with Crippen LogP contribution >= 0.6 is 0 Å². The fourth-order valence-corrected chi connectivity index (χ4v) is 4.54. The number of aromatic nitrogens is 2. The molecule has 9 nitrogen and oxygen atoms in total. The van der Waals surface area contributed by atoms with E-state index in [-0.39, 0.29) is 17.6 Å². The Labute approximate surface area is 221 Å². The van der Waals surface area contributed by atoms with Crippen LogP contribution in [0.4, 0.5) is 4.39 Å². The van der Waals surface area contributed by atoms with Gasteiger partial charge in [-0.25, -0.2) is 4.39 Å². The number of hydrogen-bond donors (Lipinski definition) is 1. The molecule has 3 aromatic rings. The van der Waals surface area contributed by atoms with Crippen LogP contribution < -0.4 is 24.3 Å². The summed E-state index contributed by atoms with van der Waals surface area (Å²) in [6.45, 7) is 2.27. The molecule has 2 heterocycles. The lowest BCUT2D eigenvalue weighted by Gasteiger charge is -2.32. The lowest BCUT2D eigenvalue weighted by atomic mass is 9.94. The second kappa shape index (κ2) is 12.6. The molecule has 202 valence electrons. The van der Waals surface area contributed by atoms with E-state index < -0.39 is 6.04 Å². The molecule has 38 heavy (non-hydrogen) atoms. The first-order valence-corrected chi connectivity index (χ1v) is 12.4. The number of ether oxygens (including phenoxy) is 4. The van der Waals surface area contributed by atoms with Crippen LogP contribution in [-0.4, -0.2) is 62.3 Å². The Kier molecular flexibility index (Phi) is 8.96. The van der Waals surface area contributed by atoms with Crippen molar-refractivity contribution in [3.63, 3.8) is 0 Å². The standard InChI is InChI=1S/C28H33FN4O5/c1-35-22-13-18(14-23(15-22)36-2)17-33-11-9-20(10-12-33)28(34)32-26(19-5-7-21(29)8-6-19)27-30-24(37-3)16-25(31-27)38-4/h5-8,13-16,20,26H,9-12,17H2,1-4H3,(H,32,34). The Morgan fingerprint density at radius 3 is 2.03 bits per heavy atom. The van der Waals surface area contributed by atoms with E-state index in [1.807, 2.05) is 18.2 Å². The molecule has 2 aromatic carbocycles. The SMILES string of the molecule is COc1cc(CN2CCC(C(=O)NC(c3ccc(F)cc3)c3nc(OC)cc(OC)n3)CC2)cc(OC)c1. The van der Waals surface area contributed by atoms with Gasteiger partial charge in [0.15, 0.2) is 5.82 Å². The van der Waals surface area contributed by atoms with Crippen molar-refractivity contribution < 1.29 is 28.1 Å². The molecule has 0 aliphatic carbocycles. The second-order valence-corrected chi connectivity index (χ2v) is 9.08. The molecule has 1 fully saturated rings. The molecule has 1 saturated heterocycles. The summed E-state index contributed by atoms with van der Waals surface area (Å²) in [7, 11) is 6.25. The number of benzene rings is 2. The maximum atomic E-state index is 13.6. The van der Waals surface area contributed by atoms with Crippen LogP contribution in [0.3, 0.4) is 0 Å². The van der Waals surface area contributed by atoms with E-state index in [4.69, 9.17) is 18.9 Å². The zero-order chi connectivity index (χ0) is 27.1. The molecular weight excluding hydrogens is 491 g/mol. The van der Waals surface area contributed by atoms with Gasteiger partial charge in [0.05, 0.1) is 34.5 Å². The van der Waals surface area contributed by atoms with Gasteiger partial charge in [-0.1, -0.05) is 12.1 Å². The summed E-state index contributed by atoms with van der Waals surface area (Å²) >= 11 is 0. The number of methoxy groups -OCH3 is 4. The van der Waals surface area contributed by atoms with Crippen LogP contribution in [0, 0.1) is 11.7 Å². The number of carbonyl (C=O) groups is 1. The predicted octanol–water partition coefficient (Wildman–Crippen LogP) is 3.77. The van der Waals surface area contributed by atoms with Gasteiger partial charge in [0.2, 0.25) is 17.7 Å². The number of amides is 1. The molecule has 1 amide bonds. The summed E-state index contributed by atoms with van der Waals surface area (Å²) < 4.78 is 35.0. The van der Waals surface area contributed by atoms with Gasteiger partial charge in [-0.3, -0.25) is 9.69 Å². The highest BCUT2D eigenvalue weighted by atomic mass is 19.1. The molecule has 10 heteroatoms. The van der Waals surface area contributed by atoms with Crippen molar-refractivity contribution in [2.75, 3.05) is 41.5 Å². The van der Waals surface area contributed by atoms with Crippen molar-refractivity contribution in [2.24, 2.45) is 5.92 Å². The van der Waals surface area contributed by atoms with Crippen LogP contribution in [0.25, 0.3) is 0 Å². The molecule has 1 aromatic heterocycles. The average Bonchev–Trinajstić information content (AvgIpc) is 2.96. The van der Waals surface area contributed by atoms with Gasteiger partial charge in [0.25, 0.3) is 0 Å². The fourth-order valence-electron chi connectivity index (χ4n) is 4.54. The summed E-state index contributed by atoms with van der Waals surface area (Å²) in [4.78, 5) is 24.6. The molecule has 0 spiro atoms. The molecule has 1 aliphatic rings. The predicted molar refractivity (Wildman–Crippen MR) is 139 cm³/mol. The van der Waals surface area contributed by atoms with Crippen molar-refractivity contribution in [3.8, 4) is 23.3 Å². The number of nitrogens with zero attached hydrogens (tertiary/aromatic N) is 3. The number of nitrogens with one attached hydrogen (secondary N) is 1. The lowest BCUT2D eigenvalue weighted by Crippen LogP contribution is -2.41. The third-order valence-electron chi connectivity index (χ3n) is 6.64. The Morgan fingerprint density at radius 2 is 1.50 bits per heavy atom. The first kappa shape index (κ1) is 27.1. The molecule has 4 rings (SSSR count). The van der Waals surface area contributed by atoms with E-state index in [9.17, 15) is 9.18 Å². The van der Waals surface area contributed by atoms with E-state index in [0.29, 0.717) is 36.0 Å². The maximum Gasteiger partial charge on any atom is 0.224 e. The highest BCUT2D eigenvalue weighted by Crippen LogP contribution is 2.28. The van der Waals surface area contributed by atoms with Gasteiger partial charge in [-0.05, 0) is 61.3 Å². The van der Waals surface area contributed by atoms with Gasteiger partial charge >= 0.3 is 0 Å². The van der Waals surface area contributed by atoms with Crippen molar-refractivity contribution in [2.45, 2.75) is 25.4 Å². The monoisotopic (exact) mass is 524 g/mol. The van der Waals surface area contributed by atoms with Crippen LogP contribution in [0.5, 0.6) is 23.3 Å². The summed E-state index contributed by atoms with van der Waals surface area (Å²) in [5.74, 6) is 1.74. The van der Waals surface area contributed by atoms with Crippen molar-refractivity contribution in [3.05, 3.63) is 71.3 Å². The fraction of sp³-hybridized carbons (Fsp3) is 0.393. The average molecular weight is 525 g/mol. The largest absolute Gasteiger partial charge is 0.497 e. The third kappa shape index (κ3) is 6.69. The summed E-state index contributed by atoms with van der Waals surface area (Å²) in [5, 5.41) is 3.09. The minimum atomic E-state index is -0.700. The van der Waals surface area contributed by atoms with E-state index in [0.717, 1.165) is 36.7 Å². The molecule has 1 N–H and O–H groups in total. The van der Waals surface area contributed by atoms with Crippen molar-refractivity contribution >= 4 is 5.91 Å². The number of likely N-dealkylation sites (tertiary alicyclic amines) is 1. The quantitative estimate of drug-likeness (QED) is 0.428. The van der Waals surface area contributed by atoms with Crippen LogP contribution in [0.2, 0.25) is 0 Å². The van der Waals surface area contributed by atoms with E-state index in [2.05, 4.69) is 20.2 Å². The molecule has 1 aliphatic heterocycles. The Hall–Kier alpha value is -3.92.